The van der Waals surface area contributed by atoms with Crippen molar-refractivity contribution in [3.8, 4) is 0 Å². The van der Waals surface area contributed by atoms with E-state index in [1.807, 2.05) is 4.90 Å². The molecule has 6 N–H and O–H groups in total. The Morgan fingerprint density at radius 1 is 0.897 bits per heavy atom. The average Bonchev–Trinajstić information content (AvgIpc) is 3.67. The van der Waals surface area contributed by atoms with E-state index >= 15 is 0 Å². The van der Waals surface area contributed by atoms with E-state index in [1.54, 1.807) is 0 Å². The molecule has 0 aliphatic carbocycles. The zero-order valence-electron chi connectivity index (χ0n) is 35.1. The molecule has 0 saturated carbocycles. The van der Waals surface area contributed by atoms with E-state index in [1.165, 1.54) is 5.56 Å². The van der Waals surface area contributed by atoms with Crippen LogP contribution in [-0.4, -0.2) is 116 Å². The number of aromatic nitrogens is 1. The molecule has 13 nitrogen and oxygen atoms in total. The molecule has 58 heavy (non-hydrogen) atoms. The molecular formula is C45H70N8O5. The molecule has 0 radical (unpaired) electrons. The lowest BCUT2D eigenvalue weighted by molar-refractivity contribution is -0.137. The number of nitrogens with two attached hydrogens (primary N) is 1. The molecule has 1 aromatic carbocycles. The molecule has 13 heteroatoms. The Morgan fingerprint density at radius 3 is 2.38 bits per heavy atom. The molecule has 2 fully saturated rings. The number of nitrogens with zero attached hydrogens (tertiary/aromatic N) is 4. The molecule has 0 spiro atoms. The summed E-state index contributed by atoms with van der Waals surface area (Å²) in [4.78, 5) is 60.9. The van der Waals surface area contributed by atoms with Crippen LogP contribution in [0.5, 0.6) is 0 Å². The van der Waals surface area contributed by atoms with Gasteiger partial charge >= 0.3 is 5.97 Å². The lowest BCUT2D eigenvalue weighted by Gasteiger charge is -2.37. The highest BCUT2D eigenvalue weighted by atomic mass is 16.4. The quantitative estimate of drug-likeness (QED) is 0.0910. The molecule has 3 aliphatic rings. The summed E-state index contributed by atoms with van der Waals surface area (Å²) in [5.74, 6) is 0.899. The first-order chi connectivity index (χ1) is 28.2. The Morgan fingerprint density at radius 2 is 1.64 bits per heavy atom. The molecule has 2 aromatic rings. The minimum Gasteiger partial charge on any atom is -0.481 e. The van der Waals surface area contributed by atoms with Crippen molar-refractivity contribution in [2.45, 2.75) is 116 Å². The fourth-order valence-corrected chi connectivity index (χ4v) is 8.63. The Kier molecular flexibility index (Phi) is 18.6. The molecular weight excluding hydrogens is 733 g/mol. The number of benzene rings is 1. The van der Waals surface area contributed by atoms with Crippen molar-refractivity contribution in [3.05, 3.63) is 52.7 Å². The summed E-state index contributed by atoms with van der Waals surface area (Å²) < 4.78 is 0. The number of likely N-dealkylation sites (tertiary alicyclic amines) is 1. The first kappa shape index (κ1) is 44.9. The van der Waals surface area contributed by atoms with Gasteiger partial charge in [-0.1, -0.05) is 18.6 Å². The number of carboxylic acids is 1. The highest BCUT2D eigenvalue weighted by Crippen LogP contribution is 2.31. The summed E-state index contributed by atoms with van der Waals surface area (Å²) in [5, 5.41) is 19.3. The normalized spacial score (nSPS) is 17.4. The van der Waals surface area contributed by atoms with Crippen LogP contribution in [0.2, 0.25) is 0 Å². The summed E-state index contributed by atoms with van der Waals surface area (Å²) in [6.07, 6.45) is 12.8. The number of fused-ring (bicyclic) bond motifs is 1. The largest absolute Gasteiger partial charge is 0.481 e. The first-order valence-corrected chi connectivity index (χ1v) is 22.2. The molecule has 3 aliphatic heterocycles. The van der Waals surface area contributed by atoms with Crippen LogP contribution in [0.3, 0.4) is 0 Å². The van der Waals surface area contributed by atoms with Crippen molar-refractivity contribution < 1.29 is 24.3 Å². The van der Waals surface area contributed by atoms with E-state index in [0.29, 0.717) is 77.4 Å². The van der Waals surface area contributed by atoms with Gasteiger partial charge in [0.25, 0.3) is 0 Å². The van der Waals surface area contributed by atoms with Crippen LogP contribution in [-0.2, 0) is 32.0 Å². The van der Waals surface area contributed by atoms with Crippen molar-refractivity contribution >= 4 is 35.2 Å². The number of nitrogens with one attached hydrogen (secondary N) is 3. The second-order valence-corrected chi connectivity index (χ2v) is 16.8. The molecule has 2 atom stereocenters. The number of unbranched alkanes of at least 4 members (excludes halogenated alkanes) is 4. The lowest BCUT2D eigenvalue weighted by Crippen LogP contribution is -2.48. The number of carbonyl (C=O) groups is 4. The van der Waals surface area contributed by atoms with Gasteiger partial charge in [0.1, 0.15) is 5.82 Å². The van der Waals surface area contributed by atoms with Crippen LogP contribution in [0.15, 0.2) is 30.3 Å². The van der Waals surface area contributed by atoms with Crippen LogP contribution < -0.4 is 26.6 Å². The standard InChI is InChI=1S/C45H70N8O5/c1-34-28-37(38(31-44(57)58)33-51-23-18-35(32-51)14-16-39-17-15-36-10-9-22-49-45(36)50-39)30-40(29-34)52-24-26-53(27-25-52)43(56)13-8-12-42(55)48-21-7-3-6-20-47-41(54)11-4-2-5-19-46/h15,17,28-30,35,38H,2-14,16,18-27,31-33,46H2,1H3,(H,47,54)(H,48,55)(H,49,50)(H,57,58). The van der Waals surface area contributed by atoms with Crippen molar-refractivity contribution in [1.82, 2.24) is 25.4 Å². The van der Waals surface area contributed by atoms with Gasteiger partial charge < -0.3 is 41.5 Å². The number of hydrogen-bond donors (Lipinski definition) is 5. The van der Waals surface area contributed by atoms with Gasteiger partial charge in [0, 0.05) is 95.5 Å². The van der Waals surface area contributed by atoms with E-state index in [-0.39, 0.29) is 30.1 Å². The molecule has 1 aromatic heterocycles. The number of pyridine rings is 1. The maximum atomic E-state index is 13.0. The van der Waals surface area contributed by atoms with Crippen molar-refractivity contribution in [1.29, 1.82) is 0 Å². The number of aryl methyl sites for hydroxylation is 3. The zero-order chi connectivity index (χ0) is 41.1. The Hall–Kier alpha value is -4.23. The SMILES string of the molecule is Cc1cc(C(CC(=O)O)CN2CCC(CCc3ccc4c(n3)NCCC4)C2)cc(N2CCN(C(=O)CCCC(=O)NCCCCCNC(=O)CCCCCN)CC2)c1. The lowest BCUT2D eigenvalue weighted by atomic mass is 9.92. The Labute approximate surface area is 346 Å². The monoisotopic (exact) mass is 803 g/mol. The number of piperazine rings is 1. The third-order valence-electron chi connectivity index (χ3n) is 12.0. The van der Waals surface area contributed by atoms with Crippen LogP contribution >= 0.6 is 0 Å². The number of amides is 3. The smallest absolute Gasteiger partial charge is 0.304 e. The van der Waals surface area contributed by atoms with E-state index in [4.69, 9.17) is 10.7 Å². The van der Waals surface area contributed by atoms with Crippen molar-refractivity contribution in [2.24, 2.45) is 11.7 Å². The fourth-order valence-electron chi connectivity index (χ4n) is 8.63. The van der Waals surface area contributed by atoms with E-state index < -0.39 is 5.97 Å². The first-order valence-electron chi connectivity index (χ1n) is 22.2. The summed E-state index contributed by atoms with van der Waals surface area (Å²) >= 11 is 0. The van der Waals surface area contributed by atoms with Crippen molar-refractivity contribution in [2.75, 3.05) is 82.2 Å². The molecule has 0 bridgehead atoms. The number of rotatable bonds is 24. The number of carboxylic acid groups (broad SMARTS) is 1. The third kappa shape index (κ3) is 15.2. The maximum Gasteiger partial charge on any atom is 0.304 e. The van der Waals surface area contributed by atoms with Crippen molar-refractivity contribution in [3.63, 3.8) is 0 Å². The second-order valence-electron chi connectivity index (χ2n) is 16.8. The summed E-state index contributed by atoms with van der Waals surface area (Å²) in [6.45, 7) is 10.4. The van der Waals surface area contributed by atoms with Gasteiger partial charge in [0.15, 0.2) is 0 Å². The molecule has 5 rings (SSSR count). The minimum absolute atomic E-state index is 0.0272. The Balaban J connectivity index is 0.984. The molecule has 4 heterocycles. The van der Waals surface area contributed by atoms with E-state index in [2.05, 4.69) is 63.0 Å². The third-order valence-corrected chi connectivity index (χ3v) is 12.0. The van der Waals surface area contributed by atoms with E-state index in [0.717, 1.165) is 125 Å². The van der Waals surface area contributed by atoms with Gasteiger partial charge in [-0.2, -0.15) is 0 Å². The average molecular weight is 803 g/mol. The molecule has 2 saturated heterocycles. The number of hydrogen-bond acceptors (Lipinski definition) is 9. The van der Waals surface area contributed by atoms with Crippen LogP contribution in [0.25, 0.3) is 0 Å². The van der Waals surface area contributed by atoms with Crippen LogP contribution in [0.4, 0.5) is 11.5 Å². The van der Waals surface area contributed by atoms with E-state index in [9.17, 15) is 24.3 Å². The van der Waals surface area contributed by atoms with Gasteiger partial charge in [0.05, 0.1) is 6.42 Å². The highest BCUT2D eigenvalue weighted by molar-refractivity contribution is 5.79. The topological polar surface area (TPSA) is 173 Å². The maximum absolute atomic E-state index is 13.0. The van der Waals surface area contributed by atoms with Crippen LogP contribution in [0, 0.1) is 12.8 Å². The number of carbonyl (C=O) groups excluding carboxylic acids is 3. The van der Waals surface area contributed by atoms with Gasteiger partial charge in [-0.15, -0.1) is 0 Å². The van der Waals surface area contributed by atoms with Crippen LogP contribution in [0.1, 0.15) is 118 Å². The zero-order valence-corrected chi connectivity index (χ0v) is 35.1. The summed E-state index contributed by atoms with van der Waals surface area (Å²) in [6, 6.07) is 10.9. The summed E-state index contributed by atoms with van der Waals surface area (Å²) in [5.41, 5.74) is 11.2. The van der Waals surface area contributed by atoms with Gasteiger partial charge in [0.2, 0.25) is 17.7 Å². The minimum atomic E-state index is -0.778. The summed E-state index contributed by atoms with van der Waals surface area (Å²) in [7, 11) is 0. The molecule has 3 amide bonds. The predicted molar refractivity (Wildman–Crippen MR) is 230 cm³/mol. The predicted octanol–water partition coefficient (Wildman–Crippen LogP) is 5.00. The number of anilines is 2. The van der Waals surface area contributed by atoms with Gasteiger partial charge in [-0.05, 0) is 131 Å². The Bertz CT molecular complexity index is 1630. The molecule has 2 unspecified atom stereocenters. The molecule has 320 valence electrons. The van der Waals surface area contributed by atoms with Gasteiger partial charge in [-0.3, -0.25) is 19.2 Å². The highest BCUT2D eigenvalue weighted by Gasteiger charge is 2.28. The second kappa shape index (κ2) is 24.0. The number of aliphatic carboxylic acids is 1. The van der Waals surface area contributed by atoms with Gasteiger partial charge in [-0.25, -0.2) is 4.98 Å². The fraction of sp³-hybridized carbons (Fsp3) is 0.667.